The second-order valence-corrected chi connectivity index (χ2v) is 8.02. The number of hydrogen-bond acceptors (Lipinski definition) is 3. The van der Waals surface area contributed by atoms with E-state index in [9.17, 15) is 9.59 Å². The second kappa shape index (κ2) is 9.40. The number of aryl methyl sites for hydroxylation is 1. The third-order valence-corrected chi connectivity index (χ3v) is 4.24. The molecule has 2 aromatic carbocycles. The molecule has 150 valence electrons. The fraction of sp³-hybridized carbons (Fsp3) is 0.391. The van der Waals surface area contributed by atoms with E-state index in [0.717, 1.165) is 11.1 Å². The van der Waals surface area contributed by atoms with Crippen LogP contribution in [0, 0.1) is 6.92 Å². The Morgan fingerprint density at radius 3 is 2.21 bits per heavy atom. The minimum Gasteiger partial charge on any atom is -0.484 e. The minimum atomic E-state index is -0.617. The quantitative estimate of drug-likeness (QED) is 0.794. The van der Waals surface area contributed by atoms with E-state index in [4.69, 9.17) is 4.74 Å². The maximum Gasteiger partial charge on any atom is 0.261 e. The largest absolute Gasteiger partial charge is 0.484 e. The summed E-state index contributed by atoms with van der Waals surface area (Å²) in [6.07, 6.45) is 0. The summed E-state index contributed by atoms with van der Waals surface area (Å²) in [5.74, 6) is 0.207. The van der Waals surface area contributed by atoms with Crippen LogP contribution in [0.15, 0.2) is 54.6 Å². The second-order valence-electron chi connectivity index (χ2n) is 8.02. The molecule has 0 radical (unpaired) electrons. The zero-order chi connectivity index (χ0) is 20.7. The monoisotopic (exact) mass is 382 g/mol. The van der Waals surface area contributed by atoms with Crippen molar-refractivity contribution < 1.29 is 14.3 Å². The van der Waals surface area contributed by atoms with Crippen LogP contribution in [0.2, 0.25) is 0 Å². The Hall–Kier alpha value is -2.82. The highest BCUT2D eigenvalue weighted by Crippen LogP contribution is 2.14. The molecule has 0 saturated heterocycles. The molecule has 0 spiro atoms. The maximum atomic E-state index is 12.9. The molecular formula is C23H30N2O3. The Bertz CT molecular complexity index is 780. The molecule has 28 heavy (non-hydrogen) atoms. The molecule has 2 amide bonds. The Morgan fingerprint density at radius 2 is 1.64 bits per heavy atom. The molecule has 0 aromatic heterocycles. The number of benzene rings is 2. The van der Waals surface area contributed by atoms with E-state index in [1.54, 1.807) is 11.8 Å². The van der Waals surface area contributed by atoms with Gasteiger partial charge in [-0.25, -0.2) is 0 Å². The van der Waals surface area contributed by atoms with Gasteiger partial charge >= 0.3 is 0 Å². The van der Waals surface area contributed by atoms with E-state index in [-0.39, 0.29) is 24.0 Å². The molecule has 0 saturated carbocycles. The first kappa shape index (κ1) is 21.5. The Balaban J connectivity index is 2.12. The van der Waals surface area contributed by atoms with Crippen molar-refractivity contribution in [3.63, 3.8) is 0 Å². The Labute approximate surface area is 167 Å². The van der Waals surface area contributed by atoms with Crippen LogP contribution in [0.25, 0.3) is 0 Å². The van der Waals surface area contributed by atoms with Crippen LogP contribution >= 0.6 is 0 Å². The average molecular weight is 383 g/mol. The number of ether oxygens (including phenoxy) is 1. The van der Waals surface area contributed by atoms with Crippen LogP contribution in [0.1, 0.15) is 38.8 Å². The van der Waals surface area contributed by atoms with E-state index in [2.05, 4.69) is 5.32 Å². The molecule has 2 aromatic rings. The van der Waals surface area contributed by atoms with Crippen molar-refractivity contribution in [1.29, 1.82) is 0 Å². The van der Waals surface area contributed by atoms with Gasteiger partial charge < -0.3 is 15.0 Å². The molecular weight excluding hydrogens is 352 g/mol. The number of nitrogens with one attached hydrogen (secondary N) is 1. The van der Waals surface area contributed by atoms with Gasteiger partial charge in [-0.2, -0.15) is 0 Å². The summed E-state index contributed by atoms with van der Waals surface area (Å²) in [6.45, 7) is 9.71. The van der Waals surface area contributed by atoms with Crippen LogP contribution in [-0.2, 0) is 16.1 Å². The predicted molar refractivity (Wildman–Crippen MR) is 111 cm³/mol. The standard InChI is InChI=1S/C23H30N2O3/c1-17-11-13-20(14-12-17)28-16-21(26)25(15-19-9-7-6-8-10-19)18(2)22(27)24-23(3,4)5/h6-14,18H,15-16H2,1-5H3,(H,24,27)/t18-/m0/s1. The van der Waals surface area contributed by atoms with Gasteiger partial charge in [0.05, 0.1) is 0 Å². The summed E-state index contributed by atoms with van der Waals surface area (Å²) in [6, 6.07) is 16.5. The lowest BCUT2D eigenvalue weighted by molar-refractivity contribution is -0.142. The van der Waals surface area contributed by atoms with Crippen molar-refractivity contribution in [1.82, 2.24) is 10.2 Å². The molecule has 0 aliphatic heterocycles. The van der Waals surface area contributed by atoms with Crippen LogP contribution in [-0.4, -0.2) is 34.9 Å². The SMILES string of the molecule is Cc1ccc(OCC(=O)N(Cc2ccccc2)[C@@H](C)C(=O)NC(C)(C)C)cc1. The molecule has 0 aliphatic carbocycles. The fourth-order valence-corrected chi connectivity index (χ4v) is 2.70. The van der Waals surface area contributed by atoms with Gasteiger partial charge in [-0.1, -0.05) is 48.0 Å². The first-order valence-corrected chi connectivity index (χ1v) is 9.50. The number of carbonyl (C=O) groups excluding carboxylic acids is 2. The van der Waals surface area contributed by atoms with E-state index >= 15 is 0 Å². The predicted octanol–water partition coefficient (Wildman–Crippen LogP) is 3.71. The lowest BCUT2D eigenvalue weighted by Crippen LogP contribution is -2.53. The summed E-state index contributed by atoms with van der Waals surface area (Å²) < 4.78 is 5.65. The number of hydrogen-bond donors (Lipinski definition) is 1. The topological polar surface area (TPSA) is 58.6 Å². The summed E-state index contributed by atoms with van der Waals surface area (Å²) in [5, 5.41) is 2.95. The van der Waals surface area contributed by atoms with Gasteiger partial charge in [-0.05, 0) is 52.3 Å². The zero-order valence-corrected chi connectivity index (χ0v) is 17.4. The van der Waals surface area contributed by atoms with Crippen molar-refractivity contribution in [3.05, 3.63) is 65.7 Å². The van der Waals surface area contributed by atoms with Crippen molar-refractivity contribution in [3.8, 4) is 5.75 Å². The van der Waals surface area contributed by atoms with Gasteiger partial charge in [-0.3, -0.25) is 9.59 Å². The zero-order valence-electron chi connectivity index (χ0n) is 17.4. The van der Waals surface area contributed by atoms with Crippen molar-refractivity contribution in [2.24, 2.45) is 0 Å². The normalized spacial score (nSPS) is 12.2. The molecule has 5 heteroatoms. The smallest absolute Gasteiger partial charge is 0.261 e. The van der Waals surface area contributed by atoms with Gasteiger partial charge in [0, 0.05) is 12.1 Å². The van der Waals surface area contributed by atoms with Gasteiger partial charge in [0.1, 0.15) is 11.8 Å². The fourth-order valence-electron chi connectivity index (χ4n) is 2.70. The Kier molecular flexibility index (Phi) is 7.21. The van der Waals surface area contributed by atoms with Crippen LogP contribution < -0.4 is 10.1 Å². The number of amides is 2. The van der Waals surface area contributed by atoms with Crippen molar-refractivity contribution >= 4 is 11.8 Å². The molecule has 1 N–H and O–H groups in total. The highest BCUT2D eigenvalue weighted by molar-refractivity contribution is 5.88. The van der Waals surface area contributed by atoms with E-state index in [1.165, 1.54) is 0 Å². The van der Waals surface area contributed by atoms with Crippen molar-refractivity contribution in [2.45, 2.75) is 52.7 Å². The molecule has 0 unspecified atom stereocenters. The van der Waals surface area contributed by atoms with Gasteiger partial charge in [-0.15, -0.1) is 0 Å². The lowest BCUT2D eigenvalue weighted by Gasteiger charge is -2.31. The molecule has 2 rings (SSSR count). The van der Waals surface area contributed by atoms with Crippen LogP contribution in [0.4, 0.5) is 0 Å². The third kappa shape index (κ3) is 6.72. The van der Waals surface area contributed by atoms with Gasteiger partial charge in [0.15, 0.2) is 6.61 Å². The van der Waals surface area contributed by atoms with E-state index in [0.29, 0.717) is 12.3 Å². The molecule has 0 heterocycles. The molecule has 0 aliphatic rings. The minimum absolute atomic E-state index is 0.122. The van der Waals surface area contributed by atoms with E-state index < -0.39 is 6.04 Å². The Morgan fingerprint density at radius 1 is 1.04 bits per heavy atom. The van der Waals surface area contributed by atoms with Gasteiger partial charge in [0.25, 0.3) is 5.91 Å². The summed E-state index contributed by atoms with van der Waals surface area (Å²) in [5.41, 5.74) is 1.71. The summed E-state index contributed by atoms with van der Waals surface area (Å²) in [7, 11) is 0. The molecule has 0 fully saturated rings. The maximum absolute atomic E-state index is 12.9. The highest BCUT2D eigenvalue weighted by Gasteiger charge is 2.28. The average Bonchev–Trinajstić information content (AvgIpc) is 2.64. The first-order valence-electron chi connectivity index (χ1n) is 9.50. The van der Waals surface area contributed by atoms with Crippen molar-refractivity contribution in [2.75, 3.05) is 6.61 Å². The molecule has 0 bridgehead atoms. The number of nitrogens with zero attached hydrogens (tertiary/aromatic N) is 1. The van der Waals surface area contributed by atoms with Crippen LogP contribution in [0.5, 0.6) is 5.75 Å². The number of rotatable bonds is 7. The first-order chi connectivity index (χ1) is 13.2. The summed E-state index contributed by atoms with van der Waals surface area (Å²) in [4.78, 5) is 27.1. The molecule has 5 nitrogen and oxygen atoms in total. The van der Waals surface area contributed by atoms with Gasteiger partial charge in [0.2, 0.25) is 5.91 Å². The van der Waals surface area contributed by atoms with Crippen LogP contribution in [0.3, 0.4) is 0 Å². The molecule has 1 atom stereocenters. The summed E-state index contributed by atoms with van der Waals surface area (Å²) >= 11 is 0. The highest BCUT2D eigenvalue weighted by atomic mass is 16.5. The third-order valence-electron chi connectivity index (χ3n) is 4.24. The lowest BCUT2D eigenvalue weighted by atomic mass is 10.1. The number of carbonyl (C=O) groups is 2. The van der Waals surface area contributed by atoms with E-state index in [1.807, 2.05) is 82.3 Å².